The van der Waals surface area contributed by atoms with Gasteiger partial charge in [-0.05, 0) is 61.3 Å². The third kappa shape index (κ3) is 3.10. The minimum Gasteiger partial charge on any atom is -0.493 e. The molecule has 19 heavy (non-hydrogen) atoms. The van der Waals surface area contributed by atoms with Crippen molar-refractivity contribution in [2.24, 2.45) is 11.7 Å². The number of aryl methyl sites for hydroxylation is 1. The summed E-state index contributed by atoms with van der Waals surface area (Å²) in [6.45, 7) is 2.56. The van der Waals surface area contributed by atoms with Crippen LogP contribution in [-0.4, -0.2) is 19.8 Å². The van der Waals surface area contributed by atoms with E-state index in [9.17, 15) is 0 Å². The molecular weight excluding hydrogens is 238 g/mol. The second-order valence-corrected chi connectivity index (χ2v) is 5.73. The molecule has 0 amide bonds. The molecule has 1 aromatic rings. The molecule has 1 aromatic carbocycles. The third-order valence-corrected chi connectivity index (χ3v) is 4.30. The fourth-order valence-electron chi connectivity index (χ4n) is 3.03. The molecule has 1 aliphatic heterocycles. The smallest absolute Gasteiger partial charge is 0.119 e. The van der Waals surface area contributed by atoms with Gasteiger partial charge in [0.25, 0.3) is 0 Å². The Balaban J connectivity index is 1.63. The summed E-state index contributed by atoms with van der Waals surface area (Å²) in [5.74, 6) is 1.61. The molecule has 1 fully saturated rings. The monoisotopic (exact) mass is 261 g/mol. The van der Waals surface area contributed by atoms with Gasteiger partial charge < -0.3 is 15.2 Å². The summed E-state index contributed by atoms with van der Waals surface area (Å²) in [5, 5.41) is 0. The summed E-state index contributed by atoms with van der Waals surface area (Å²) in [7, 11) is 0. The lowest BCUT2D eigenvalue weighted by Gasteiger charge is -2.24. The largest absolute Gasteiger partial charge is 0.493 e. The fourth-order valence-corrected chi connectivity index (χ4v) is 3.03. The Bertz CT molecular complexity index is 427. The maximum atomic E-state index is 6.18. The van der Waals surface area contributed by atoms with E-state index in [-0.39, 0.29) is 6.04 Å². The van der Waals surface area contributed by atoms with Gasteiger partial charge in [0.2, 0.25) is 0 Å². The van der Waals surface area contributed by atoms with E-state index in [4.69, 9.17) is 15.2 Å². The van der Waals surface area contributed by atoms with Crippen molar-refractivity contribution in [1.82, 2.24) is 0 Å². The number of hydrogen-bond acceptors (Lipinski definition) is 3. The molecule has 0 aromatic heterocycles. The third-order valence-electron chi connectivity index (χ3n) is 4.30. The van der Waals surface area contributed by atoms with Crippen LogP contribution in [0.2, 0.25) is 0 Å². The molecule has 3 heteroatoms. The van der Waals surface area contributed by atoms with Crippen LogP contribution in [0.1, 0.15) is 42.9 Å². The van der Waals surface area contributed by atoms with Crippen LogP contribution in [-0.2, 0) is 11.2 Å². The molecule has 0 saturated carbocycles. The number of rotatable bonds is 3. The minimum absolute atomic E-state index is 0.190. The Morgan fingerprint density at radius 1 is 1.21 bits per heavy atom. The van der Waals surface area contributed by atoms with Crippen LogP contribution in [0, 0.1) is 5.92 Å². The van der Waals surface area contributed by atoms with Crippen LogP contribution in [0.5, 0.6) is 5.75 Å². The molecule has 0 bridgehead atoms. The Morgan fingerprint density at radius 3 is 2.89 bits per heavy atom. The molecule has 3 nitrogen and oxygen atoms in total. The van der Waals surface area contributed by atoms with Gasteiger partial charge in [0, 0.05) is 19.3 Å². The predicted molar refractivity (Wildman–Crippen MR) is 75.3 cm³/mol. The van der Waals surface area contributed by atoms with E-state index in [1.54, 1.807) is 0 Å². The lowest BCUT2D eigenvalue weighted by atomic mass is 9.88. The highest BCUT2D eigenvalue weighted by atomic mass is 16.5. The molecule has 104 valence electrons. The van der Waals surface area contributed by atoms with E-state index in [1.807, 2.05) is 0 Å². The highest BCUT2D eigenvalue weighted by Crippen LogP contribution is 2.31. The zero-order valence-electron chi connectivity index (χ0n) is 11.4. The van der Waals surface area contributed by atoms with Gasteiger partial charge in [0.1, 0.15) is 5.75 Å². The topological polar surface area (TPSA) is 44.5 Å². The minimum atomic E-state index is 0.190. The first kappa shape index (κ1) is 12.9. The molecule has 0 radical (unpaired) electrons. The van der Waals surface area contributed by atoms with Gasteiger partial charge in [-0.2, -0.15) is 0 Å². The summed E-state index contributed by atoms with van der Waals surface area (Å²) in [6.07, 6.45) is 5.69. The average molecular weight is 261 g/mol. The number of ether oxygens (including phenoxy) is 2. The normalized spacial score (nSPS) is 23.9. The van der Waals surface area contributed by atoms with Crippen molar-refractivity contribution in [3.05, 3.63) is 29.3 Å². The van der Waals surface area contributed by atoms with Gasteiger partial charge >= 0.3 is 0 Å². The summed E-state index contributed by atoms with van der Waals surface area (Å²) < 4.78 is 11.3. The summed E-state index contributed by atoms with van der Waals surface area (Å²) >= 11 is 0. The SMILES string of the molecule is N[C@H]1CCCc2ccc(OCC3CCOCC3)cc21. The van der Waals surface area contributed by atoms with Gasteiger partial charge in [-0.3, -0.25) is 0 Å². The van der Waals surface area contributed by atoms with Crippen molar-refractivity contribution >= 4 is 0 Å². The molecule has 2 aliphatic rings. The van der Waals surface area contributed by atoms with E-state index >= 15 is 0 Å². The van der Waals surface area contributed by atoms with Crippen molar-refractivity contribution in [3.63, 3.8) is 0 Å². The number of fused-ring (bicyclic) bond motifs is 1. The zero-order valence-corrected chi connectivity index (χ0v) is 11.4. The Labute approximate surface area is 115 Å². The highest BCUT2D eigenvalue weighted by Gasteiger charge is 2.18. The zero-order chi connectivity index (χ0) is 13.1. The van der Waals surface area contributed by atoms with Crippen LogP contribution >= 0.6 is 0 Å². The lowest BCUT2D eigenvalue weighted by molar-refractivity contribution is 0.0497. The van der Waals surface area contributed by atoms with E-state index in [2.05, 4.69) is 18.2 Å². The Kier molecular flexibility index (Phi) is 4.04. The van der Waals surface area contributed by atoms with Crippen molar-refractivity contribution in [1.29, 1.82) is 0 Å². The first-order chi connectivity index (χ1) is 9.33. The van der Waals surface area contributed by atoms with Crippen LogP contribution < -0.4 is 10.5 Å². The number of nitrogens with two attached hydrogens (primary N) is 1. The van der Waals surface area contributed by atoms with Crippen molar-refractivity contribution < 1.29 is 9.47 Å². The van der Waals surface area contributed by atoms with Crippen LogP contribution in [0.15, 0.2) is 18.2 Å². The molecular formula is C16H23NO2. The van der Waals surface area contributed by atoms with Crippen LogP contribution in [0.4, 0.5) is 0 Å². The van der Waals surface area contributed by atoms with Gasteiger partial charge in [0.05, 0.1) is 6.61 Å². The lowest BCUT2D eigenvalue weighted by Crippen LogP contribution is -2.22. The molecule has 1 saturated heterocycles. The first-order valence-electron chi connectivity index (χ1n) is 7.42. The standard InChI is InChI=1S/C16H23NO2/c17-16-3-1-2-13-4-5-14(10-15(13)16)19-11-12-6-8-18-9-7-12/h4-5,10,12,16H,1-3,6-9,11,17H2/t16-/m0/s1. The quantitative estimate of drug-likeness (QED) is 0.910. The number of benzene rings is 1. The molecule has 1 aliphatic carbocycles. The Hall–Kier alpha value is -1.06. The first-order valence-corrected chi connectivity index (χ1v) is 7.42. The molecule has 1 heterocycles. The second-order valence-electron chi connectivity index (χ2n) is 5.73. The van der Waals surface area contributed by atoms with Gasteiger partial charge in [0.15, 0.2) is 0 Å². The molecule has 0 unspecified atom stereocenters. The van der Waals surface area contributed by atoms with Crippen LogP contribution in [0.25, 0.3) is 0 Å². The fraction of sp³-hybridized carbons (Fsp3) is 0.625. The van der Waals surface area contributed by atoms with E-state index < -0.39 is 0 Å². The summed E-state index contributed by atoms with van der Waals surface area (Å²) in [6, 6.07) is 6.62. The van der Waals surface area contributed by atoms with E-state index in [0.717, 1.165) is 51.3 Å². The van der Waals surface area contributed by atoms with E-state index in [0.29, 0.717) is 5.92 Å². The molecule has 3 rings (SSSR count). The summed E-state index contributed by atoms with van der Waals surface area (Å²) in [5.41, 5.74) is 8.87. The van der Waals surface area contributed by atoms with Crippen molar-refractivity contribution in [3.8, 4) is 5.75 Å². The van der Waals surface area contributed by atoms with Crippen LogP contribution in [0.3, 0.4) is 0 Å². The van der Waals surface area contributed by atoms with E-state index in [1.165, 1.54) is 17.5 Å². The molecule has 2 N–H and O–H groups in total. The summed E-state index contributed by atoms with van der Waals surface area (Å²) in [4.78, 5) is 0. The maximum absolute atomic E-state index is 6.18. The van der Waals surface area contributed by atoms with Gasteiger partial charge in [-0.25, -0.2) is 0 Å². The van der Waals surface area contributed by atoms with Crippen molar-refractivity contribution in [2.45, 2.75) is 38.1 Å². The molecule has 1 atom stereocenters. The molecule has 0 spiro atoms. The highest BCUT2D eigenvalue weighted by molar-refractivity contribution is 5.39. The predicted octanol–water partition coefficient (Wildman–Crippen LogP) is 2.83. The van der Waals surface area contributed by atoms with Crippen molar-refractivity contribution in [2.75, 3.05) is 19.8 Å². The Morgan fingerprint density at radius 2 is 2.05 bits per heavy atom. The number of hydrogen-bond donors (Lipinski definition) is 1. The van der Waals surface area contributed by atoms with Gasteiger partial charge in [-0.15, -0.1) is 0 Å². The second kappa shape index (κ2) is 5.93. The maximum Gasteiger partial charge on any atom is 0.119 e. The average Bonchev–Trinajstić information content (AvgIpc) is 2.47. The van der Waals surface area contributed by atoms with Gasteiger partial charge in [-0.1, -0.05) is 6.07 Å².